The van der Waals surface area contributed by atoms with Gasteiger partial charge in [0.15, 0.2) is 5.69 Å². The van der Waals surface area contributed by atoms with Crippen molar-refractivity contribution in [2.45, 2.75) is 12.7 Å². The summed E-state index contributed by atoms with van der Waals surface area (Å²) in [4.78, 5) is 0. The van der Waals surface area contributed by atoms with E-state index in [2.05, 4.69) is 10.2 Å². The molecule has 2 aromatic rings. The predicted molar refractivity (Wildman–Crippen MR) is 61.4 cm³/mol. The van der Waals surface area contributed by atoms with Crippen LogP contribution in [-0.2, 0) is 12.7 Å². The van der Waals surface area contributed by atoms with E-state index in [1.165, 1.54) is 18.2 Å². The van der Waals surface area contributed by atoms with Gasteiger partial charge in [-0.1, -0.05) is 6.07 Å². The highest BCUT2D eigenvalue weighted by Crippen LogP contribution is 2.29. The number of benzene rings is 1. The molecule has 2 rings (SSSR count). The maximum Gasteiger partial charge on any atom is 0.435 e. The lowest BCUT2D eigenvalue weighted by atomic mass is 10.2. The Morgan fingerprint density at radius 3 is 2.40 bits per heavy atom. The average Bonchev–Trinajstić information content (AvgIpc) is 2.38. The van der Waals surface area contributed by atoms with E-state index >= 15 is 0 Å². The predicted octanol–water partition coefficient (Wildman–Crippen LogP) is 2.89. The third-order valence-corrected chi connectivity index (χ3v) is 2.43. The fraction of sp³-hybridized carbons (Fsp3) is 0.167. The molecule has 0 atom stereocenters. The van der Waals surface area contributed by atoms with Crippen molar-refractivity contribution < 1.29 is 22.3 Å². The van der Waals surface area contributed by atoms with E-state index in [1.807, 2.05) is 0 Å². The molecule has 0 spiro atoms. The summed E-state index contributed by atoms with van der Waals surface area (Å²) in [7, 11) is 0. The van der Waals surface area contributed by atoms with Crippen molar-refractivity contribution in [3.05, 3.63) is 47.4 Å². The van der Waals surface area contributed by atoms with E-state index in [0.29, 0.717) is 0 Å². The van der Waals surface area contributed by atoms with Crippen molar-refractivity contribution >= 4 is 0 Å². The second-order valence-corrected chi connectivity index (χ2v) is 3.78. The van der Waals surface area contributed by atoms with Gasteiger partial charge in [-0.15, -0.1) is 10.2 Å². The van der Waals surface area contributed by atoms with E-state index < -0.39 is 17.7 Å². The zero-order chi connectivity index (χ0) is 14.8. The lowest BCUT2D eigenvalue weighted by molar-refractivity contribution is -0.141. The number of ether oxygens (including phenoxy) is 1. The minimum Gasteiger partial charge on any atom is -0.437 e. The van der Waals surface area contributed by atoms with Gasteiger partial charge in [-0.05, 0) is 18.2 Å². The van der Waals surface area contributed by atoms with Gasteiger partial charge in [-0.2, -0.15) is 13.2 Å². The molecule has 8 heteroatoms. The average molecular weight is 287 g/mol. The van der Waals surface area contributed by atoms with Crippen LogP contribution >= 0.6 is 0 Å². The molecule has 0 fully saturated rings. The number of halogens is 4. The zero-order valence-corrected chi connectivity index (χ0v) is 9.99. The van der Waals surface area contributed by atoms with Crippen molar-refractivity contribution in [1.29, 1.82) is 0 Å². The van der Waals surface area contributed by atoms with Crippen molar-refractivity contribution in [3.8, 4) is 11.6 Å². The summed E-state index contributed by atoms with van der Waals surface area (Å²) in [5.41, 5.74) is 4.35. The maximum absolute atomic E-state index is 13.4. The molecule has 1 aromatic carbocycles. The highest BCUT2D eigenvalue weighted by Gasteiger charge is 2.33. The van der Waals surface area contributed by atoms with Gasteiger partial charge in [0.05, 0.1) is 0 Å². The lowest BCUT2D eigenvalue weighted by Crippen LogP contribution is -2.09. The first-order chi connectivity index (χ1) is 9.41. The summed E-state index contributed by atoms with van der Waals surface area (Å²) in [6.45, 7) is -0.115. The van der Waals surface area contributed by atoms with Crippen LogP contribution in [-0.4, -0.2) is 10.2 Å². The standard InChI is InChI=1S/C12H9F4N3O/c13-8-2-1-3-9(7(8)6-17)20-11-5-4-10(18-19-11)12(14,15)16/h1-5H,6,17H2. The number of hydrogen-bond acceptors (Lipinski definition) is 4. The molecule has 0 saturated carbocycles. The van der Waals surface area contributed by atoms with Gasteiger partial charge in [0.1, 0.15) is 11.6 Å². The van der Waals surface area contributed by atoms with Crippen LogP contribution in [0, 0.1) is 5.82 Å². The summed E-state index contributed by atoms with van der Waals surface area (Å²) in [6, 6.07) is 5.75. The molecule has 0 aliphatic rings. The number of nitrogens with zero attached hydrogens (tertiary/aromatic N) is 2. The van der Waals surface area contributed by atoms with Gasteiger partial charge >= 0.3 is 6.18 Å². The van der Waals surface area contributed by atoms with Gasteiger partial charge in [0, 0.05) is 18.2 Å². The second-order valence-electron chi connectivity index (χ2n) is 3.78. The molecule has 0 radical (unpaired) electrons. The highest BCUT2D eigenvalue weighted by atomic mass is 19.4. The third-order valence-electron chi connectivity index (χ3n) is 2.43. The van der Waals surface area contributed by atoms with Gasteiger partial charge in [0.2, 0.25) is 5.88 Å². The first-order valence-corrected chi connectivity index (χ1v) is 5.48. The molecule has 0 aliphatic carbocycles. The smallest absolute Gasteiger partial charge is 0.435 e. The molecule has 2 N–H and O–H groups in total. The molecule has 0 unspecified atom stereocenters. The number of alkyl halides is 3. The van der Waals surface area contributed by atoms with Crippen molar-refractivity contribution in [2.24, 2.45) is 5.73 Å². The molecular formula is C12H9F4N3O. The van der Waals surface area contributed by atoms with Gasteiger partial charge in [-0.3, -0.25) is 0 Å². The minimum atomic E-state index is -4.58. The van der Waals surface area contributed by atoms with E-state index in [4.69, 9.17) is 10.5 Å². The zero-order valence-electron chi connectivity index (χ0n) is 9.99. The van der Waals surface area contributed by atoms with Gasteiger partial charge in [0.25, 0.3) is 0 Å². The molecule has 4 nitrogen and oxygen atoms in total. The van der Waals surface area contributed by atoms with Crippen LogP contribution in [0.2, 0.25) is 0 Å². The van der Waals surface area contributed by atoms with Crippen LogP contribution in [0.15, 0.2) is 30.3 Å². The first kappa shape index (κ1) is 14.2. The van der Waals surface area contributed by atoms with Crippen molar-refractivity contribution in [3.63, 3.8) is 0 Å². The van der Waals surface area contributed by atoms with Crippen molar-refractivity contribution in [1.82, 2.24) is 10.2 Å². The summed E-state index contributed by atoms with van der Waals surface area (Å²) >= 11 is 0. The maximum atomic E-state index is 13.4. The Morgan fingerprint density at radius 1 is 1.10 bits per heavy atom. The number of nitrogens with two attached hydrogens (primary N) is 1. The van der Waals surface area contributed by atoms with Gasteiger partial charge in [-0.25, -0.2) is 4.39 Å². The highest BCUT2D eigenvalue weighted by molar-refractivity contribution is 5.37. The van der Waals surface area contributed by atoms with E-state index in [9.17, 15) is 17.6 Å². The summed E-state index contributed by atoms with van der Waals surface area (Å²) in [5, 5.41) is 6.29. The van der Waals surface area contributed by atoms with Crippen molar-refractivity contribution in [2.75, 3.05) is 0 Å². The van der Waals surface area contributed by atoms with E-state index in [0.717, 1.165) is 12.1 Å². The van der Waals surface area contributed by atoms with Crippen LogP contribution in [0.4, 0.5) is 17.6 Å². The Bertz CT molecular complexity index is 599. The number of rotatable bonds is 3. The third kappa shape index (κ3) is 3.02. The first-order valence-electron chi connectivity index (χ1n) is 5.48. The largest absolute Gasteiger partial charge is 0.437 e. The number of aromatic nitrogens is 2. The normalized spacial score (nSPS) is 11.4. The molecular weight excluding hydrogens is 278 g/mol. The van der Waals surface area contributed by atoms with Crippen LogP contribution in [0.25, 0.3) is 0 Å². The molecule has 20 heavy (non-hydrogen) atoms. The Balaban J connectivity index is 2.25. The van der Waals surface area contributed by atoms with Crippen LogP contribution in [0.3, 0.4) is 0 Å². The molecule has 1 aromatic heterocycles. The lowest BCUT2D eigenvalue weighted by Gasteiger charge is -2.10. The fourth-order valence-electron chi connectivity index (χ4n) is 1.47. The molecule has 0 aliphatic heterocycles. The Hall–Kier alpha value is -2.22. The summed E-state index contributed by atoms with van der Waals surface area (Å²) in [5.74, 6) is -0.662. The molecule has 0 amide bonds. The van der Waals surface area contributed by atoms with Crippen LogP contribution in [0.5, 0.6) is 11.6 Å². The van der Waals surface area contributed by atoms with Crippen LogP contribution in [0.1, 0.15) is 11.3 Å². The molecule has 0 saturated heterocycles. The topological polar surface area (TPSA) is 61.0 Å². The SMILES string of the molecule is NCc1c(F)cccc1Oc1ccc(C(F)(F)F)nn1. The molecule has 1 heterocycles. The van der Waals surface area contributed by atoms with Gasteiger partial charge < -0.3 is 10.5 Å². The minimum absolute atomic E-state index is 0.0848. The second kappa shape index (κ2) is 5.41. The van der Waals surface area contributed by atoms with E-state index in [1.54, 1.807) is 0 Å². The Morgan fingerprint density at radius 2 is 1.85 bits per heavy atom. The molecule has 0 bridgehead atoms. The Labute approximate surface area is 111 Å². The quantitative estimate of drug-likeness (QED) is 0.882. The van der Waals surface area contributed by atoms with E-state index in [-0.39, 0.29) is 23.7 Å². The Kier molecular flexibility index (Phi) is 3.84. The number of hydrogen-bond donors (Lipinski definition) is 1. The summed E-state index contributed by atoms with van der Waals surface area (Å²) in [6.07, 6.45) is -4.58. The molecule has 106 valence electrons. The summed E-state index contributed by atoms with van der Waals surface area (Å²) < 4.78 is 55.5. The monoisotopic (exact) mass is 287 g/mol. The fourth-order valence-corrected chi connectivity index (χ4v) is 1.47. The van der Waals surface area contributed by atoms with Crippen LogP contribution < -0.4 is 10.5 Å².